The molecule has 0 radical (unpaired) electrons. The number of hydrogen-bond acceptors (Lipinski definition) is 6. The fourth-order valence-electron chi connectivity index (χ4n) is 2.17. The molecule has 128 valence electrons. The van der Waals surface area contributed by atoms with Crippen LogP contribution in [0, 0.1) is 0 Å². The molecule has 8 heteroatoms. The number of nitrogen functional groups attached to an aromatic ring is 1. The zero-order valence-electron chi connectivity index (χ0n) is 13.3. The Kier molecular flexibility index (Phi) is 5.11. The number of hydrogen-bond donors (Lipinski definition) is 3. The summed E-state index contributed by atoms with van der Waals surface area (Å²) in [6.45, 7) is 0. The maximum atomic E-state index is 6.17. The molecule has 0 spiro atoms. The van der Waals surface area contributed by atoms with E-state index in [0.717, 1.165) is 11.4 Å². The molecule has 3 rings (SSSR count). The fraction of sp³-hybridized carbons (Fsp3) is 0.0588. The van der Waals surface area contributed by atoms with Crippen LogP contribution >= 0.6 is 23.2 Å². The van der Waals surface area contributed by atoms with Crippen molar-refractivity contribution in [3.8, 4) is 5.75 Å². The van der Waals surface area contributed by atoms with Gasteiger partial charge >= 0.3 is 0 Å². The van der Waals surface area contributed by atoms with E-state index in [1.54, 1.807) is 25.3 Å². The van der Waals surface area contributed by atoms with Crippen molar-refractivity contribution in [2.75, 3.05) is 23.5 Å². The number of halogens is 2. The van der Waals surface area contributed by atoms with E-state index in [4.69, 9.17) is 33.7 Å². The number of aromatic nitrogens is 2. The first-order valence-corrected chi connectivity index (χ1v) is 8.05. The van der Waals surface area contributed by atoms with Crippen LogP contribution in [0.4, 0.5) is 28.7 Å². The molecule has 0 atom stereocenters. The highest BCUT2D eigenvalue weighted by molar-refractivity contribution is 6.35. The van der Waals surface area contributed by atoms with Crippen LogP contribution in [0.3, 0.4) is 0 Å². The fourth-order valence-corrected chi connectivity index (χ4v) is 2.69. The molecule has 0 aliphatic carbocycles. The summed E-state index contributed by atoms with van der Waals surface area (Å²) in [5.41, 5.74) is 8.04. The van der Waals surface area contributed by atoms with Gasteiger partial charge in [-0.1, -0.05) is 23.2 Å². The number of methoxy groups -OCH3 is 1. The molecule has 0 unspecified atom stereocenters. The molecule has 0 saturated carbocycles. The number of ether oxygens (including phenoxy) is 1. The summed E-state index contributed by atoms with van der Waals surface area (Å²) in [6, 6.07) is 12.5. The smallest absolute Gasteiger partial charge is 0.159 e. The lowest BCUT2D eigenvalue weighted by molar-refractivity contribution is 0.415. The largest absolute Gasteiger partial charge is 0.497 e. The summed E-state index contributed by atoms with van der Waals surface area (Å²) in [4.78, 5) is 8.35. The Morgan fingerprint density at radius 1 is 0.880 bits per heavy atom. The molecule has 25 heavy (non-hydrogen) atoms. The second kappa shape index (κ2) is 7.46. The maximum Gasteiger partial charge on any atom is 0.159 e. The standard InChI is InChI=1S/C17H15Cl2N5O/c1-25-14-4-2-12(3-5-14)23-16-15(20)17(22-9-21-16)24-13-7-10(18)6-11(19)8-13/h2-9H,20H2,1H3,(H2,21,22,23,24). The minimum absolute atomic E-state index is 0.370. The number of nitrogens with two attached hydrogens (primary N) is 1. The van der Waals surface area contributed by atoms with Crippen LogP contribution in [0.25, 0.3) is 0 Å². The van der Waals surface area contributed by atoms with Crippen molar-refractivity contribution >= 4 is 51.9 Å². The van der Waals surface area contributed by atoms with Crippen molar-refractivity contribution in [1.82, 2.24) is 9.97 Å². The van der Waals surface area contributed by atoms with E-state index in [1.807, 2.05) is 24.3 Å². The van der Waals surface area contributed by atoms with Crippen molar-refractivity contribution in [3.05, 3.63) is 58.8 Å². The Bertz CT molecular complexity index is 866. The SMILES string of the molecule is COc1ccc(Nc2ncnc(Nc3cc(Cl)cc(Cl)c3)c2N)cc1. The molecule has 1 aromatic heterocycles. The summed E-state index contributed by atoms with van der Waals surface area (Å²) < 4.78 is 5.14. The molecule has 0 bridgehead atoms. The van der Waals surface area contributed by atoms with Crippen LogP contribution in [-0.2, 0) is 0 Å². The average molecular weight is 376 g/mol. The predicted molar refractivity (Wildman–Crippen MR) is 102 cm³/mol. The van der Waals surface area contributed by atoms with Gasteiger partial charge in [-0.15, -0.1) is 0 Å². The molecule has 3 aromatic rings. The second-order valence-corrected chi connectivity index (χ2v) is 5.99. The van der Waals surface area contributed by atoms with E-state index >= 15 is 0 Å². The van der Waals surface area contributed by atoms with Gasteiger partial charge in [0, 0.05) is 21.4 Å². The quantitative estimate of drug-likeness (QED) is 0.590. The van der Waals surface area contributed by atoms with Crippen molar-refractivity contribution in [3.63, 3.8) is 0 Å². The zero-order chi connectivity index (χ0) is 17.8. The number of benzene rings is 2. The number of nitrogens with one attached hydrogen (secondary N) is 2. The highest BCUT2D eigenvalue weighted by Gasteiger charge is 2.09. The van der Waals surface area contributed by atoms with Crippen LogP contribution in [0.15, 0.2) is 48.8 Å². The molecule has 6 nitrogen and oxygen atoms in total. The van der Waals surface area contributed by atoms with Gasteiger partial charge in [0.25, 0.3) is 0 Å². The third kappa shape index (κ3) is 4.23. The summed E-state index contributed by atoms with van der Waals surface area (Å²) in [7, 11) is 1.62. The summed E-state index contributed by atoms with van der Waals surface area (Å²) >= 11 is 12.0. The molecule has 0 aliphatic rings. The molecule has 0 saturated heterocycles. The Morgan fingerprint density at radius 2 is 1.44 bits per heavy atom. The lowest BCUT2D eigenvalue weighted by Crippen LogP contribution is -2.05. The Balaban J connectivity index is 1.83. The Labute approximate surface area is 155 Å². The van der Waals surface area contributed by atoms with Gasteiger partial charge in [0.1, 0.15) is 17.8 Å². The molecule has 1 heterocycles. The lowest BCUT2D eigenvalue weighted by atomic mass is 10.3. The van der Waals surface area contributed by atoms with Gasteiger partial charge in [-0.05, 0) is 42.5 Å². The van der Waals surface area contributed by atoms with E-state index in [9.17, 15) is 0 Å². The van der Waals surface area contributed by atoms with E-state index < -0.39 is 0 Å². The molecule has 0 amide bonds. The van der Waals surface area contributed by atoms with Gasteiger partial charge in [0.2, 0.25) is 0 Å². The maximum absolute atomic E-state index is 6.17. The van der Waals surface area contributed by atoms with E-state index in [1.165, 1.54) is 6.33 Å². The van der Waals surface area contributed by atoms with Crippen molar-refractivity contribution in [1.29, 1.82) is 0 Å². The van der Waals surface area contributed by atoms with Crippen molar-refractivity contribution < 1.29 is 4.74 Å². The first-order valence-electron chi connectivity index (χ1n) is 7.30. The minimum atomic E-state index is 0.370. The summed E-state index contributed by atoms with van der Waals surface area (Å²) in [6.07, 6.45) is 1.41. The topological polar surface area (TPSA) is 85.1 Å². The average Bonchev–Trinajstić information content (AvgIpc) is 2.58. The van der Waals surface area contributed by atoms with Gasteiger partial charge in [-0.3, -0.25) is 0 Å². The van der Waals surface area contributed by atoms with E-state index in [-0.39, 0.29) is 0 Å². The molecule has 0 aliphatic heterocycles. The third-order valence-corrected chi connectivity index (χ3v) is 3.80. The first kappa shape index (κ1) is 17.1. The lowest BCUT2D eigenvalue weighted by Gasteiger charge is -2.13. The van der Waals surface area contributed by atoms with Gasteiger partial charge in [0.05, 0.1) is 7.11 Å². The Hall–Kier alpha value is -2.70. The third-order valence-electron chi connectivity index (χ3n) is 3.36. The van der Waals surface area contributed by atoms with Crippen LogP contribution in [0.5, 0.6) is 5.75 Å². The van der Waals surface area contributed by atoms with Crippen LogP contribution in [0.1, 0.15) is 0 Å². The molecule has 0 fully saturated rings. The molecular formula is C17H15Cl2N5O. The summed E-state index contributed by atoms with van der Waals surface area (Å²) in [5, 5.41) is 7.27. The van der Waals surface area contributed by atoms with Crippen LogP contribution in [-0.4, -0.2) is 17.1 Å². The predicted octanol–water partition coefficient (Wildman–Crippen LogP) is 4.86. The Morgan fingerprint density at radius 3 is 2.00 bits per heavy atom. The highest BCUT2D eigenvalue weighted by Crippen LogP contribution is 2.30. The minimum Gasteiger partial charge on any atom is -0.497 e. The highest BCUT2D eigenvalue weighted by atomic mass is 35.5. The van der Waals surface area contributed by atoms with Gasteiger partial charge in [0.15, 0.2) is 11.6 Å². The molecule has 4 N–H and O–H groups in total. The monoisotopic (exact) mass is 375 g/mol. The van der Waals surface area contributed by atoms with Crippen molar-refractivity contribution in [2.45, 2.75) is 0 Å². The number of nitrogens with zero attached hydrogens (tertiary/aromatic N) is 2. The van der Waals surface area contributed by atoms with Gasteiger partial charge in [-0.25, -0.2) is 9.97 Å². The first-order chi connectivity index (χ1) is 12.0. The van der Waals surface area contributed by atoms with E-state index in [0.29, 0.717) is 33.1 Å². The summed E-state index contributed by atoms with van der Waals surface area (Å²) in [5.74, 6) is 1.70. The zero-order valence-corrected chi connectivity index (χ0v) is 14.8. The number of rotatable bonds is 5. The second-order valence-electron chi connectivity index (χ2n) is 5.12. The van der Waals surface area contributed by atoms with Gasteiger partial charge in [-0.2, -0.15) is 0 Å². The number of anilines is 5. The normalized spacial score (nSPS) is 10.4. The van der Waals surface area contributed by atoms with E-state index in [2.05, 4.69) is 20.6 Å². The van der Waals surface area contributed by atoms with Crippen LogP contribution in [0.2, 0.25) is 10.0 Å². The van der Waals surface area contributed by atoms with Crippen molar-refractivity contribution in [2.24, 2.45) is 0 Å². The van der Waals surface area contributed by atoms with Crippen LogP contribution < -0.4 is 21.1 Å². The van der Waals surface area contributed by atoms with Gasteiger partial charge < -0.3 is 21.1 Å². The molecular weight excluding hydrogens is 361 g/mol. The molecule has 2 aromatic carbocycles.